The zero-order valence-electron chi connectivity index (χ0n) is 12.7. The highest BCUT2D eigenvalue weighted by Gasteiger charge is 2.34. The van der Waals surface area contributed by atoms with Crippen LogP contribution in [0.5, 0.6) is 0 Å². The summed E-state index contributed by atoms with van der Waals surface area (Å²) in [5, 5.41) is 15.1. The van der Waals surface area contributed by atoms with Gasteiger partial charge in [0.05, 0.1) is 18.8 Å². The smallest absolute Gasteiger partial charge is 0.358 e. The summed E-state index contributed by atoms with van der Waals surface area (Å²) >= 11 is 0. The molecular formula is C16H24N2O3. The summed E-state index contributed by atoms with van der Waals surface area (Å²) in [7, 11) is 0. The van der Waals surface area contributed by atoms with Gasteiger partial charge in [0.25, 0.3) is 0 Å². The van der Waals surface area contributed by atoms with E-state index >= 15 is 0 Å². The number of esters is 1. The molecule has 0 atom stereocenters. The number of hydrogen-bond acceptors (Lipinski definition) is 4. The molecular weight excluding hydrogens is 268 g/mol. The van der Waals surface area contributed by atoms with Gasteiger partial charge in [0, 0.05) is 11.6 Å². The van der Waals surface area contributed by atoms with Crippen LogP contribution in [0.1, 0.15) is 74.0 Å². The quantitative estimate of drug-likeness (QED) is 0.847. The molecule has 0 amide bonds. The molecule has 0 saturated heterocycles. The van der Waals surface area contributed by atoms with E-state index < -0.39 is 5.60 Å². The fourth-order valence-corrected chi connectivity index (χ4v) is 3.22. The molecule has 2 aliphatic carbocycles. The number of carbonyl (C=O) groups is 1. The zero-order valence-corrected chi connectivity index (χ0v) is 12.7. The maximum absolute atomic E-state index is 11.9. The Kier molecular flexibility index (Phi) is 4.02. The molecule has 1 heterocycles. The van der Waals surface area contributed by atoms with E-state index in [1.807, 2.05) is 10.7 Å². The van der Waals surface area contributed by atoms with Crippen LogP contribution in [0.2, 0.25) is 0 Å². The van der Waals surface area contributed by atoms with Gasteiger partial charge in [0.2, 0.25) is 0 Å². The maximum atomic E-state index is 11.9. The Bertz CT molecular complexity index is 514. The van der Waals surface area contributed by atoms with Crippen molar-refractivity contribution >= 4 is 5.97 Å². The van der Waals surface area contributed by atoms with Gasteiger partial charge < -0.3 is 9.84 Å². The predicted molar refractivity (Wildman–Crippen MR) is 78.2 cm³/mol. The van der Waals surface area contributed by atoms with Gasteiger partial charge in [-0.1, -0.05) is 19.3 Å². The highest BCUT2D eigenvalue weighted by atomic mass is 16.5. The minimum atomic E-state index is -0.667. The largest absolute Gasteiger partial charge is 0.461 e. The summed E-state index contributed by atoms with van der Waals surface area (Å²) in [4.78, 5) is 11.9. The van der Waals surface area contributed by atoms with Crippen LogP contribution >= 0.6 is 0 Å². The van der Waals surface area contributed by atoms with Crippen LogP contribution < -0.4 is 0 Å². The van der Waals surface area contributed by atoms with Gasteiger partial charge in [-0.15, -0.1) is 0 Å². The standard InChI is InChI=1S/C16H24N2O3/c1-2-21-15(19)13-10-14(12-6-7-12)18(17-13)11-16(20)8-4-3-5-9-16/h10,12,20H,2-9,11H2,1H3. The molecule has 5 nitrogen and oxygen atoms in total. The monoisotopic (exact) mass is 292 g/mol. The fourth-order valence-electron chi connectivity index (χ4n) is 3.22. The third-order valence-corrected chi connectivity index (χ3v) is 4.52. The Morgan fingerprint density at radius 1 is 1.43 bits per heavy atom. The summed E-state index contributed by atoms with van der Waals surface area (Å²) in [6.07, 6.45) is 7.28. The molecule has 21 heavy (non-hydrogen) atoms. The molecule has 5 heteroatoms. The number of carbonyl (C=O) groups excluding carboxylic acids is 1. The highest BCUT2D eigenvalue weighted by Crippen LogP contribution is 2.41. The van der Waals surface area contributed by atoms with Crippen molar-refractivity contribution < 1.29 is 14.6 Å². The number of hydrogen-bond donors (Lipinski definition) is 1. The van der Waals surface area contributed by atoms with Crippen LogP contribution in [0, 0.1) is 0 Å². The second kappa shape index (κ2) is 5.79. The molecule has 0 spiro atoms. The molecule has 116 valence electrons. The Hall–Kier alpha value is -1.36. The molecule has 0 aliphatic heterocycles. The SMILES string of the molecule is CCOC(=O)c1cc(C2CC2)n(CC2(O)CCCCC2)n1. The number of nitrogens with zero attached hydrogens (tertiary/aromatic N) is 2. The number of aromatic nitrogens is 2. The Morgan fingerprint density at radius 2 is 2.14 bits per heavy atom. The summed E-state index contributed by atoms with van der Waals surface area (Å²) in [6.45, 7) is 2.65. The number of aliphatic hydroxyl groups is 1. The Labute approximate surface area is 125 Å². The Balaban J connectivity index is 1.81. The molecule has 1 aromatic heterocycles. The van der Waals surface area contributed by atoms with E-state index in [0.717, 1.165) is 44.2 Å². The predicted octanol–water partition coefficient (Wildman–Crippen LogP) is 2.63. The molecule has 0 unspecified atom stereocenters. The van der Waals surface area contributed by atoms with Gasteiger partial charge in [0.15, 0.2) is 5.69 Å². The third-order valence-electron chi connectivity index (χ3n) is 4.52. The topological polar surface area (TPSA) is 64.3 Å². The van der Waals surface area contributed by atoms with Crippen LogP contribution in [0.25, 0.3) is 0 Å². The molecule has 0 aromatic carbocycles. The summed E-state index contributed by atoms with van der Waals surface area (Å²) in [5.74, 6) is 0.127. The zero-order chi connectivity index (χ0) is 14.9. The first-order valence-electron chi connectivity index (χ1n) is 8.08. The summed E-state index contributed by atoms with van der Waals surface area (Å²) < 4.78 is 6.89. The lowest BCUT2D eigenvalue weighted by atomic mass is 9.85. The van der Waals surface area contributed by atoms with Crippen molar-refractivity contribution in [1.29, 1.82) is 0 Å². The number of ether oxygens (including phenoxy) is 1. The van der Waals surface area contributed by atoms with Gasteiger partial charge >= 0.3 is 5.97 Å². The average Bonchev–Trinajstić information content (AvgIpc) is 3.21. The first-order valence-corrected chi connectivity index (χ1v) is 8.08. The van der Waals surface area contributed by atoms with Crippen molar-refractivity contribution in [2.75, 3.05) is 6.61 Å². The minimum Gasteiger partial charge on any atom is -0.461 e. The molecule has 1 N–H and O–H groups in total. The van der Waals surface area contributed by atoms with E-state index in [4.69, 9.17) is 4.74 Å². The van der Waals surface area contributed by atoms with Crippen LogP contribution in [-0.4, -0.2) is 33.1 Å². The first kappa shape index (κ1) is 14.6. The lowest BCUT2D eigenvalue weighted by molar-refractivity contribution is -0.0151. The van der Waals surface area contributed by atoms with Crippen LogP contribution in [0.4, 0.5) is 0 Å². The van der Waals surface area contributed by atoms with Crippen molar-refractivity contribution in [2.45, 2.75) is 69.9 Å². The molecule has 3 rings (SSSR count). The van der Waals surface area contributed by atoms with E-state index in [0.29, 0.717) is 24.8 Å². The third kappa shape index (κ3) is 3.28. The molecule has 2 fully saturated rings. The van der Waals surface area contributed by atoms with Gasteiger partial charge in [-0.3, -0.25) is 4.68 Å². The maximum Gasteiger partial charge on any atom is 0.358 e. The van der Waals surface area contributed by atoms with E-state index in [1.165, 1.54) is 6.42 Å². The van der Waals surface area contributed by atoms with E-state index in [2.05, 4.69) is 5.10 Å². The first-order chi connectivity index (χ1) is 10.1. The van der Waals surface area contributed by atoms with E-state index in [1.54, 1.807) is 6.92 Å². The van der Waals surface area contributed by atoms with Crippen molar-refractivity contribution in [2.24, 2.45) is 0 Å². The van der Waals surface area contributed by atoms with Crippen molar-refractivity contribution in [3.05, 3.63) is 17.5 Å². The minimum absolute atomic E-state index is 0.356. The summed E-state index contributed by atoms with van der Waals surface area (Å²) in [6, 6.07) is 1.85. The second-order valence-electron chi connectivity index (χ2n) is 6.39. The van der Waals surface area contributed by atoms with Crippen LogP contribution in [0.3, 0.4) is 0 Å². The van der Waals surface area contributed by atoms with Crippen molar-refractivity contribution in [3.63, 3.8) is 0 Å². The van der Waals surface area contributed by atoms with E-state index in [9.17, 15) is 9.90 Å². The molecule has 0 bridgehead atoms. The van der Waals surface area contributed by atoms with Crippen molar-refractivity contribution in [1.82, 2.24) is 9.78 Å². The van der Waals surface area contributed by atoms with E-state index in [-0.39, 0.29) is 5.97 Å². The molecule has 1 aromatic rings. The second-order valence-corrected chi connectivity index (χ2v) is 6.39. The Morgan fingerprint density at radius 3 is 2.76 bits per heavy atom. The number of rotatable bonds is 5. The molecule has 2 saturated carbocycles. The van der Waals surface area contributed by atoms with Crippen LogP contribution in [-0.2, 0) is 11.3 Å². The molecule has 2 aliphatic rings. The highest BCUT2D eigenvalue weighted by molar-refractivity contribution is 5.87. The lowest BCUT2D eigenvalue weighted by Crippen LogP contribution is -2.37. The summed E-state index contributed by atoms with van der Waals surface area (Å²) in [5.41, 5.74) is 0.787. The van der Waals surface area contributed by atoms with Crippen molar-refractivity contribution in [3.8, 4) is 0 Å². The van der Waals surface area contributed by atoms with Gasteiger partial charge in [-0.05, 0) is 38.7 Å². The van der Waals surface area contributed by atoms with Gasteiger partial charge in [0.1, 0.15) is 0 Å². The fraction of sp³-hybridized carbons (Fsp3) is 0.750. The van der Waals surface area contributed by atoms with Gasteiger partial charge in [-0.2, -0.15) is 5.10 Å². The lowest BCUT2D eigenvalue weighted by Gasteiger charge is -2.32. The van der Waals surface area contributed by atoms with Crippen LogP contribution in [0.15, 0.2) is 6.07 Å². The van der Waals surface area contributed by atoms with Gasteiger partial charge in [-0.25, -0.2) is 4.79 Å². The molecule has 0 radical (unpaired) electrons. The average molecular weight is 292 g/mol. The normalized spacial score (nSPS) is 21.2.